The summed E-state index contributed by atoms with van der Waals surface area (Å²) >= 11 is 1.75. The van der Waals surface area contributed by atoms with Gasteiger partial charge in [-0.15, -0.1) is 11.3 Å². The third-order valence-corrected chi connectivity index (χ3v) is 4.54. The highest BCUT2D eigenvalue weighted by atomic mass is 32.1. The van der Waals surface area contributed by atoms with Gasteiger partial charge in [-0.25, -0.2) is 0 Å². The third kappa shape index (κ3) is 3.33. The quantitative estimate of drug-likeness (QED) is 0.874. The molecule has 1 N–H and O–H groups in total. The second-order valence-electron chi connectivity index (χ2n) is 4.73. The van der Waals surface area contributed by atoms with Crippen LogP contribution in [0.5, 0.6) is 0 Å². The molecule has 0 fully saturated rings. The van der Waals surface area contributed by atoms with E-state index in [2.05, 4.69) is 32.0 Å². The summed E-state index contributed by atoms with van der Waals surface area (Å²) < 4.78 is 1.26. The Morgan fingerprint density at radius 3 is 2.79 bits per heavy atom. The van der Waals surface area contributed by atoms with Crippen LogP contribution in [0, 0.1) is 0 Å². The number of benzene rings is 1. The van der Waals surface area contributed by atoms with Crippen molar-refractivity contribution in [1.29, 1.82) is 0 Å². The van der Waals surface area contributed by atoms with Crippen LogP contribution in [0.25, 0.3) is 10.1 Å². The zero-order valence-corrected chi connectivity index (χ0v) is 12.1. The van der Waals surface area contributed by atoms with Crippen molar-refractivity contribution >= 4 is 27.4 Å². The van der Waals surface area contributed by atoms with Crippen molar-refractivity contribution < 1.29 is 9.90 Å². The number of carboxylic acids is 1. The zero-order chi connectivity index (χ0) is 13.8. The summed E-state index contributed by atoms with van der Waals surface area (Å²) in [6, 6.07) is 10.6. The van der Waals surface area contributed by atoms with Gasteiger partial charge in [0.15, 0.2) is 0 Å². The molecule has 0 amide bonds. The van der Waals surface area contributed by atoms with Crippen molar-refractivity contribution in [3.63, 3.8) is 0 Å². The normalized spacial score (nSPS) is 13.0. The number of hydrogen-bond donors (Lipinski definition) is 1. The molecule has 3 nitrogen and oxygen atoms in total. The molecule has 2 aromatic rings. The van der Waals surface area contributed by atoms with Gasteiger partial charge in [-0.05, 0) is 37.4 Å². The van der Waals surface area contributed by atoms with Gasteiger partial charge in [0.05, 0.1) is 6.54 Å². The van der Waals surface area contributed by atoms with E-state index in [4.69, 9.17) is 5.11 Å². The topological polar surface area (TPSA) is 40.5 Å². The Kier molecular flexibility index (Phi) is 4.56. The monoisotopic (exact) mass is 277 g/mol. The molecular weight excluding hydrogens is 258 g/mol. The molecule has 2 rings (SSSR count). The van der Waals surface area contributed by atoms with Crippen molar-refractivity contribution in [2.45, 2.75) is 26.3 Å². The zero-order valence-electron chi connectivity index (χ0n) is 11.3. The fourth-order valence-corrected chi connectivity index (χ4v) is 3.41. The minimum Gasteiger partial charge on any atom is -0.480 e. The number of thiophene rings is 1. The third-order valence-electron chi connectivity index (χ3n) is 3.25. The second kappa shape index (κ2) is 6.17. The van der Waals surface area contributed by atoms with Crippen molar-refractivity contribution in [2.75, 3.05) is 13.1 Å². The molecule has 1 heterocycles. The summed E-state index contributed by atoms with van der Waals surface area (Å²) in [6.45, 7) is 5.07. The van der Waals surface area contributed by atoms with E-state index in [0.717, 1.165) is 13.0 Å². The predicted molar refractivity (Wildman–Crippen MR) is 79.7 cm³/mol. The number of carboxylic acid groups (broad SMARTS) is 1. The number of nitrogens with zero attached hydrogens (tertiary/aromatic N) is 1. The largest absolute Gasteiger partial charge is 0.480 e. The molecule has 1 aromatic carbocycles. The van der Waals surface area contributed by atoms with Gasteiger partial charge in [-0.3, -0.25) is 9.69 Å². The summed E-state index contributed by atoms with van der Waals surface area (Å²) in [5.41, 5.74) is 0. The maximum atomic E-state index is 11.0. The summed E-state index contributed by atoms with van der Waals surface area (Å²) in [5, 5.41) is 10.2. The molecule has 1 atom stereocenters. The van der Waals surface area contributed by atoms with Gasteiger partial charge < -0.3 is 5.11 Å². The minimum absolute atomic E-state index is 0.100. The lowest BCUT2D eigenvalue weighted by Gasteiger charge is -2.26. The fourth-order valence-electron chi connectivity index (χ4n) is 2.26. The van der Waals surface area contributed by atoms with Gasteiger partial charge in [0.25, 0.3) is 0 Å². The molecule has 0 aliphatic carbocycles. The summed E-state index contributed by atoms with van der Waals surface area (Å²) in [4.78, 5) is 14.2. The average Bonchev–Trinajstić information content (AvgIpc) is 2.80. The van der Waals surface area contributed by atoms with Crippen molar-refractivity contribution in [2.24, 2.45) is 0 Å². The molecule has 19 heavy (non-hydrogen) atoms. The molecule has 0 saturated carbocycles. The lowest BCUT2D eigenvalue weighted by Crippen LogP contribution is -2.32. The standard InChI is InChI=1S/C15H19NO2S/c1-3-8-16(10-15(17)18)11(2)14-9-12-6-4-5-7-13(12)19-14/h4-7,9,11H,3,8,10H2,1-2H3,(H,17,18). The summed E-state index contributed by atoms with van der Waals surface area (Å²) in [7, 11) is 0. The molecule has 4 heteroatoms. The van der Waals surface area contributed by atoms with Crippen LogP contribution in [0.1, 0.15) is 31.2 Å². The number of rotatable bonds is 6. The Morgan fingerprint density at radius 2 is 2.16 bits per heavy atom. The van der Waals surface area contributed by atoms with E-state index in [1.165, 1.54) is 15.0 Å². The maximum absolute atomic E-state index is 11.0. The number of hydrogen-bond acceptors (Lipinski definition) is 3. The first-order valence-electron chi connectivity index (χ1n) is 6.56. The molecule has 0 bridgehead atoms. The van der Waals surface area contributed by atoms with Gasteiger partial charge in [0.2, 0.25) is 0 Å². The van der Waals surface area contributed by atoms with E-state index in [9.17, 15) is 4.79 Å². The van der Waals surface area contributed by atoms with Gasteiger partial charge >= 0.3 is 5.97 Å². The molecule has 0 spiro atoms. The smallest absolute Gasteiger partial charge is 0.317 e. The van der Waals surface area contributed by atoms with Crippen LogP contribution in [0.15, 0.2) is 30.3 Å². The molecular formula is C15H19NO2S. The van der Waals surface area contributed by atoms with Crippen LogP contribution < -0.4 is 0 Å². The van der Waals surface area contributed by atoms with Crippen LogP contribution in [-0.4, -0.2) is 29.1 Å². The number of aliphatic carboxylic acids is 1. The highest BCUT2D eigenvalue weighted by molar-refractivity contribution is 7.19. The molecule has 0 saturated heterocycles. The van der Waals surface area contributed by atoms with Crippen molar-refractivity contribution in [3.8, 4) is 0 Å². The van der Waals surface area contributed by atoms with E-state index in [1.807, 2.05) is 17.0 Å². The highest BCUT2D eigenvalue weighted by Crippen LogP contribution is 2.32. The Morgan fingerprint density at radius 1 is 1.42 bits per heavy atom. The van der Waals surface area contributed by atoms with E-state index in [-0.39, 0.29) is 12.6 Å². The van der Waals surface area contributed by atoms with E-state index in [1.54, 1.807) is 11.3 Å². The van der Waals surface area contributed by atoms with Crippen LogP contribution in [0.2, 0.25) is 0 Å². The maximum Gasteiger partial charge on any atom is 0.317 e. The molecule has 0 aliphatic rings. The number of fused-ring (bicyclic) bond motifs is 1. The molecule has 0 radical (unpaired) electrons. The Bertz CT molecular complexity index is 531. The fraction of sp³-hybridized carbons (Fsp3) is 0.400. The van der Waals surface area contributed by atoms with Gasteiger partial charge in [0, 0.05) is 15.6 Å². The summed E-state index contributed by atoms with van der Waals surface area (Å²) in [6.07, 6.45) is 0.961. The first-order chi connectivity index (χ1) is 9.11. The summed E-state index contributed by atoms with van der Waals surface area (Å²) in [5.74, 6) is -0.763. The van der Waals surface area contributed by atoms with E-state index >= 15 is 0 Å². The molecule has 102 valence electrons. The van der Waals surface area contributed by atoms with Gasteiger partial charge in [-0.2, -0.15) is 0 Å². The van der Waals surface area contributed by atoms with E-state index in [0.29, 0.717) is 0 Å². The molecule has 1 unspecified atom stereocenters. The first-order valence-corrected chi connectivity index (χ1v) is 7.37. The first kappa shape index (κ1) is 14.0. The highest BCUT2D eigenvalue weighted by Gasteiger charge is 2.19. The van der Waals surface area contributed by atoms with E-state index < -0.39 is 5.97 Å². The average molecular weight is 277 g/mol. The number of carbonyl (C=O) groups is 1. The Balaban J connectivity index is 2.24. The Hall–Kier alpha value is -1.39. The van der Waals surface area contributed by atoms with Crippen LogP contribution in [0.3, 0.4) is 0 Å². The van der Waals surface area contributed by atoms with Crippen molar-refractivity contribution in [1.82, 2.24) is 4.90 Å². The van der Waals surface area contributed by atoms with Crippen LogP contribution in [-0.2, 0) is 4.79 Å². The van der Waals surface area contributed by atoms with Crippen LogP contribution >= 0.6 is 11.3 Å². The van der Waals surface area contributed by atoms with Crippen molar-refractivity contribution in [3.05, 3.63) is 35.2 Å². The second-order valence-corrected chi connectivity index (χ2v) is 5.84. The Labute approximate surface area is 117 Å². The van der Waals surface area contributed by atoms with Gasteiger partial charge in [0.1, 0.15) is 0 Å². The predicted octanol–water partition coefficient (Wildman–Crippen LogP) is 3.76. The lowest BCUT2D eigenvalue weighted by molar-refractivity contribution is -0.138. The molecule has 0 aliphatic heterocycles. The SMILES string of the molecule is CCCN(CC(=O)O)C(C)c1cc2ccccc2s1. The lowest BCUT2D eigenvalue weighted by atomic mass is 10.2. The molecule has 1 aromatic heterocycles. The minimum atomic E-state index is -0.763. The van der Waals surface area contributed by atoms with Crippen LogP contribution in [0.4, 0.5) is 0 Å². The van der Waals surface area contributed by atoms with Gasteiger partial charge in [-0.1, -0.05) is 25.1 Å².